The standard InChI is InChI=1S/C17H26N6O3/c1-12-14(10-19-17(20-12)22-5-3-21(2)4-6-22)16(25)23-7-8-26-11-13(23)9-15(18)24/h10,13H,3-9,11H2,1-2H3,(H2,18,24)/t13-/m0/s1. The summed E-state index contributed by atoms with van der Waals surface area (Å²) in [6, 6.07) is -0.342. The first kappa shape index (κ1) is 18.5. The molecule has 0 unspecified atom stereocenters. The molecule has 0 aromatic carbocycles. The maximum atomic E-state index is 13.0. The van der Waals surface area contributed by atoms with Gasteiger partial charge < -0.3 is 25.2 Å². The summed E-state index contributed by atoms with van der Waals surface area (Å²) < 4.78 is 5.39. The van der Waals surface area contributed by atoms with Gasteiger partial charge in [0.15, 0.2) is 0 Å². The predicted octanol–water partition coefficient (Wildman–Crippen LogP) is -0.747. The summed E-state index contributed by atoms with van der Waals surface area (Å²) in [6.45, 7) is 6.67. The molecule has 0 radical (unpaired) electrons. The summed E-state index contributed by atoms with van der Waals surface area (Å²) in [5.74, 6) is 0.0291. The van der Waals surface area contributed by atoms with E-state index in [1.54, 1.807) is 11.1 Å². The number of carbonyl (C=O) groups excluding carboxylic acids is 2. The molecule has 1 aromatic rings. The van der Waals surface area contributed by atoms with E-state index >= 15 is 0 Å². The number of rotatable bonds is 4. The Morgan fingerprint density at radius 3 is 2.65 bits per heavy atom. The topological polar surface area (TPSA) is 105 Å². The molecule has 26 heavy (non-hydrogen) atoms. The number of nitrogens with two attached hydrogens (primary N) is 1. The Bertz CT molecular complexity index is 674. The van der Waals surface area contributed by atoms with E-state index in [9.17, 15) is 9.59 Å². The number of nitrogens with zero attached hydrogens (tertiary/aromatic N) is 5. The number of morpholine rings is 1. The van der Waals surface area contributed by atoms with E-state index in [-0.39, 0.29) is 18.4 Å². The van der Waals surface area contributed by atoms with Crippen molar-refractivity contribution in [3.05, 3.63) is 17.5 Å². The summed E-state index contributed by atoms with van der Waals surface area (Å²) in [6.07, 6.45) is 1.68. The van der Waals surface area contributed by atoms with Crippen LogP contribution in [0.3, 0.4) is 0 Å². The lowest BCUT2D eigenvalue weighted by Crippen LogP contribution is -2.50. The zero-order chi connectivity index (χ0) is 18.7. The van der Waals surface area contributed by atoms with Gasteiger partial charge in [0.2, 0.25) is 11.9 Å². The highest BCUT2D eigenvalue weighted by atomic mass is 16.5. The lowest BCUT2D eigenvalue weighted by molar-refractivity contribution is -0.120. The minimum Gasteiger partial charge on any atom is -0.377 e. The number of ether oxygens (including phenoxy) is 1. The Balaban J connectivity index is 1.75. The fraction of sp³-hybridized carbons (Fsp3) is 0.647. The van der Waals surface area contributed by atoms with Crippen molar-refractivity contribution in [1.82, 2.24) is 19.8 Å². The van der Waals surface area contributed by atoms with Gasteiger partial charge >= 0.3 is 0 Å². The Morgan fingerprint density at radius 1 is 1.27 bits per heavy atom. The van der Waals surface area contributed by atoms with Crippen LogP contribution in [-0.4, -0.2) is 90.6 Å². The number of likely N-dealkylation sites (N-methyl/N-ethyl adjacent to an activating group) is 1. The van der Waals surface area contributed by atoms with Crippen molar-refractivity contribution in [2.45, 2.75) is 19.4 Å². The quantitative estimate of drug-likeness (QED) is 0.751. The maximum Gasteiger partial charge on any atom is 0.257 e. The smallest absolute Gasteiger partial charge is 0.257 e. The molecule has 2 fully saturated rings. The number of primary amides is 1. The van der Waals surface area contributed by atoms with Crippen LogP contribution in [0, 0.1) is 6.92 Å². The van der Waals surface area contributed by atoms with Gasteiger partial charge in [0.05, 0.1) is 30.5 Å². The highest BCUT2D eigenvalue weighted by Crippen LogP contribution is 2.18. The lowest BCUT2D eigenvalue weighted by atomic mass is 10.1. The molecule has 0 saturated carbocycles. The number of piperazine rings is 1. The van der Waals surface area contributed by atoms with Crippen LogP contribution < -0.4 is 10.6 Å². The average molecular weight is 362 g/mol. The first-order chi connectivity index (χ1) is 12.5. The van der Waals surface area contributed by atoms with Gasteiger partial charge in [0.1, 0.15) is 0 Å². The summed E-state index contributed by atoms with van der Waals surface area (Å²) in [5.41, 5.74) is 6.40. The van der Waals surface area contributed by atoms with Crippen LogP contribution in [0.5, 0.6) is 0 Å². The van der Waals surface area contributed by atoms with E-state index in [4.69, 9.17) is 10.5 Å². The van der Waals surface area contributed by atoms with Crippen LogP contribution >= 0.6 is 0 Å². The number of hydrogen-bond donors (Lipinski definition) is 1. The van der Waals surface area contributed by atoms with Gasteiger partial charge in [0.25, 0.3) is 5.91 Å². The second-order valence-corrected chi connectivity index (χ2v) is 6.86. The molecule has 3 heterocycles. The molecule has 9 heteroatoms. The van der Waals surface area contributed by atoms with Crippen molar-refractivity contribution >= 4 is 17.8 Å². The summed E-state index contributed by atoms with van der Waals surface area (Å²) in [7, 11) is 2.09. The van der Waals surface area contributed by atoms with Crippen molar-refractivity contribution in [2.75, 3.05) is 57.9 Å². The zero-order valence-corrected chi connectivity index (χ0v) is 15.3. The summed E-state index contributed by atoms with van der Waals surface area (Å²) in [4.78, 5) is 39.2. The monoisotopic (exact) mass is 362 g/mol. The largest absolute Gasteiger partial charge is 0.377 e. The fourth-order valence-corrected chi connectivity index (χ4v) is 3.30. The molecule has 9 nitrogen and oxygen atoms in total. The molecule has 0 aliphatic carbocycles. The van der Waals surface area contributed by atoms with E-state index in [0.717, 1.165) is 26.2 Å². The van der Waals surface area contributed by atoms with Gasteiger partial charge in [-0.2, -0.15) is 0 Å². The van der Waals surface area contributed by atoms with Gasteiger partial charge in [-0.1, -0.05) is 0 Å². The summed E-state index contributed by atoms with van der Waals surface area (Å²) >= 11 is 0. The number of hydrogen-bond acceptors (Lipinski definition) is 7. The van der Waals surface area contributed by atoms with Crippen LogP contribution in [0.1, 0.15) is 22.5 Å². The Morgan fingerprint density at radius 2 is 2.00 bits per heavy atom. The minimum absolute atomic E-state index is 0.0883. The maximum absolute atomic E-state index is 13.0. The molecular formula is C17H26N6O3. The zero-order valence-electron chi connectivity index (χ0n) is 15.3. The number of aromatic nitrogens is 2. The van der Waals surface area contributed by atoms with Crippen LogP contribution in [0.15, 0.2) is 6.20 Å². The highest BCUT2D eigenvalue weighted by Gasteiger charge is 2.30. The fourth-order valence-electron chi connectivity index (χ4n) is 3.30. The van der Waals surface area contributed by atoms with E-state index in [1.165, 1.54) is 0 Å². The van der Waals surface area contributed by atoms with Crippen LogP contribution in [0.4, 0.5) is 5.95 Å². The molecule has 1 aromatic heterocycles. The molecular weight excluding hydrogens is 336 g/mol. The van der Waals surface area contributed by atoms with Gasteiger partial charge in [-0.3, -0.25) is 9.59 Å². The van der Waals surface area contributed by atoms with Crippen LogP contribution in [0.2, 0.25) is 0 Å². The van der Waals surface area contributed by atoms with Crippen LogP contribution in [-0.2, 0) is 9.53 Å². The van der Waals surface area contributed by atoms with Gasteiger partial charge in [-0.25, -0.2) is 9.97 Å². The third kappa shape index (κ3) is 4.10. The second-order valence-electron chi connectivity index (χ2n) is 6.86. The Hall–Kier alpha value is -2.26. The highest BCUT2D eigenvalue weighted by molar-refractivity contribution is 5.95. The van der Waals surface area contributed by atoms with Crippen molar-refractivity contribution < 1.29 is 14.3 Å². The Kier molecular flexibility index (Phi) is 5.67. The molecule has 2 N–H and O–H groups in total. The van der Waals surface area contributed by atoms with Crippen molar-refractivity contribution in [1.29, 1.82) is 0 Å². The molecule has 3 rings (SSSR count). The van der Waals surface area contributed by atoms with E-state index in [2.05, 4.69) is 26.8 Å². The van der Waals surface area contributed by atoms with Gasteiger partial charge in [0, 0.05) is 45.3 Å². The average Bonchev–Trinajstić information content (AvgIpc) is 2.62. The summed E-state index contributed by atoms with van der Waals surface area (Å²) in [5, 5.41) is 0. The number of aryl methyl sites for hydroxylation is 1. The predicted molar refractivity (Wildman–Crippen MR) is 95.9 cm³/mol. The van der Waals surface area contributed by atoms with Crippen molar-refractivity contribution in [3.8, 4) is 0 Å². The first-order valence-electron chi connectivity index (χ1n) is 8.90. The number of anilines is 1. The van der Waals surface area contributed by atoms with E-state index in [1.807, 2.05) is 6.92 Å². The molecule has 2 saturated heterocycles. The Labute approximate surface area is 153 Å². The molecule has 2 amide bonds. The SMILES string of the molecule is Cc1nc(N2CCN(C)CC2)ncc1C(=O)N1CCOC[C@@H]1CC(N)=O. The molecule has 2 aliphatic rings. The number of amides is 2. The molecule has 142 valence electrons. The molecule has 1 atom stereocenters. The number of carbonyl (C=O) groups is 2. The lowest BCUT2D eigenvalue weighted by Gasteiger charge is -2.35. The van der Waals surface area contributed by atoms with E-state index < -0.39 is 5.91 Å². The second kappa shape index (κ2) is 7.96. The van der Waals surface area contributed by atoms with E-state index in [0.29, 0.717) is 37.0 Å². The van der Waals surface area contributed by atoms with Crippen molar-refractivity contribution in [3.63, 3.8) is 0 Å². The third-order valence-electron chi connectivity index (χ3n) is 4.91. The molecule has 0 spiro atoms. The van der Waals surface area contributed by atoms with Gasteiger partial charge in [-0.05, 0) is 14.0 Å². The molecule has 0 bridgehead atoms. The van der Waals surface area contributed by atoms with Crippen LogP contribution in [0.25, 0.3) is 0 Å². The first-order valence-corrected chi connectivity index (χ1v) is 8.90. The normalized spacial score (nSPS) is 21.7. The molecule has 2 aliphatic heterocycles. The third-order valence-corrected chi connectivity index (χ3v) is 4.91. The van der Waals surface area contributed by atoms with Gasteiger partial charge in [-0.15, -0.1) is 0 Å². The van der Waals surface area contributed by atoms with Crippen molar-refractivity contribution in [2.24, 2.45) is 5.73 Å². The minimum atomic E-state index is -0.448.